The lowest BCUT2D eigenvalue weighted by molar-refractivity contribution is -0.127. The maximum atomic E-state index is 12.0. The van der Waals surface area contributed by atoms with E-state index in [0.29, 0.717) is 18.0 Å². The van der Waals surface area contributed by atoms with Gasteiger partial charge in [0.1, 0.15) is 6.54 Å². The largest absolute Gasteiger partial charge is 0.355 e. The van der Waals surface area contributed by atoms with Gasteiger partial charge in [0.25, 0.3) is 0 Å². The van der Waals surface area contributed by atoms with Crippen molar-refractivity contribution in [3.63, 3.8) is 0 Å². The average molecular weight is 492 g/mol. The fraction of sp³-hybridized carbons (Fsp3) is 0.895. The van der Waals surface area contributed by atoms with Crippen LogP contribution in [0.4, 0.5) is 0 Å². The molecule has 2 N–H and O–H groups in total. The predicted octanol–water partition coefficient (Wildman–Crippen LogP) is 0.806. The summed E-state index contributed by atoms with van der Waals surface area (Å²) in [4.78, 5) is 23.3. The molecule has 4 rings (SSSR count). The van der Waals surface area contributed by atoms with Gasteiger partial charge < -0.3 is 15.5 Å². The molecule has 0 aromatic heterocycles. The Balaban J connectivity index is 0.00000261. The molecule has 1 saturated carbocycles. The van der Waals surface area contributed by atoms with Crippen LogP contribution in [0.1, 0.15) is 32.6 Å². The van der Waals surface area contributed by atoms with Crippen LogP contribution in [0, 0.1) is 5.92 Å². The van der Waals surface area contributed by atoms with Crippen LogP contribution in [0.25, 0.3) is 0 Å². The second kappa shape index (κ2) is 10.8. The fourth-order valence-electron chi connectivity index (χ4n) is 4.28. The summed E-state index contributed by atoms with van der Waals surface area (Å²) >= 11 is 0. The third kappa shape index (κ3) is 6.45. The Bertz CT molecular complexity index is 506. The van der Waals surface area contributed by atoms with Crippen LogP contribution >= 0.6 is 24.0 Å². The highest BCUT2D eigenvalue weighted by molar-refractivity contribution is 14.0. The van der Waals surface area contributed by atoms with E-state index in [1.807, 2.05) is 0 Å². The van der Waals surface area contributed by atoms with Gasteiger partial charge in [-0.05, 0) is 18.8 Å². The van der Waals surface area contributed by atoms with E-state index in [2.05, 4.69) is 32.3 Å². The summed E-state index contributed by atoms with van der Waals surface area (Å²) in [6.07, 6.45) is 5.06. The van der Waals surface area contributed by atoms with Gasteiger partial charge in [0.15, 0.2) is 5.96 Å². The van der Waals surface area contributed by atoms with Gasteiger partial charge in [0.05, 0.1) is 0 Å². The first-order valence-corrected chi connectivity index (χ1v) is 10.2. The minimum Gasteiger partial charge on any atom is -0.355 e. The molecule has 3 aliphatic heterocycles. The Hall–Kier alpha value is -0.610. The lowest BCUT2D eigenvalue weighted by atomic mass is 9.86. The third-order valence-corrected chi connectivity index (χ3v) is 6.20. The zero-order valence-corrected chi connectivity index (χ0v) is 19.4. The molecule has 3 unspecified atom stereocenters. The number of rotatable bonds is 5. The van der Waals surface area contributed by atoms with Gasteiger partial charge in [0, 0.05) is 65.4 Å². The molecule has 8 heteroatoms. The molecule has 1 aliphatic carbocycles. The zero-order valence-electron chi connectivity index (χ0n) is 17.1. The number of halogens is 1. The molecule has 0 spiro atoms. The molecular formula is C19H37IN6O. The van der Waals surface area contributed by atoms with Crippen LogP contribution < -0.4 is 10.6 Å². The van der Waals surface area contributed by atoms with Crippen molar-refractivity contribution in [2.24, 2.45) is 10.9 Å². The normalized spacial score (nSPS) is 33.1. The summed E-state index contributed by atoms with van der Waals surface area (Å²) in [7, 11) is 3.56. The number of carbonyl (C=O) groups is 1. The van der Waals surface area contributed by atoms with Crippen molar-refractivity contribution in [1.29, 1.82) is 0 Å². The molecule has 3 saturated heterocycles. The molecule has 4 fully saturated rings. The van der Waals surface area contributed by atoms with Crippen molar-refractivity contribution in [1.82, 2.24) is 25.3 Å². The zero-order chi connectivity index (χ0) is 18.5. The van der Waals surface area contributed by atoms with Crippen molar-refractivity contribution < 1.29 is 4.79 Å². The Morgan fingerprint density at radius 2 is 1.85 bits per heavy atom. The molecule has 156 valence electrons. The maximum absolute atomic E-state index is 12.0. The van der Waals surface area contributed by atoms with E-state index in [4.69, 9.17) is 0 Å². The van der Waals surface area contributed by atoms with Crippen LogP contribution in [-0.2, 0) is 4.79 Å². The van der Waals surface area contributed by atoms with Crippen molar-refractivity contribution in [3.8, 4) is 0 Å². The Labute approximate surface area is 181 Å². The number of nitrogens with one attached hydrogen (secondary N) is 2. The third-order valence-electron chi connectivity index (χ3n) is 6.20. The summed E-state index contributed by atoms with van der Waals surface area (Å²) < 4.78 is 0. The number of hydrogen-bond acceptors (Lipinski definition) is 4. The molecule has 0 radical (unpaired) electrons. The monoisotopic (exact) mass is 492 g/mol. The SMILES string of the molecule is CC1CCCCC1NC(=NCC(=O)N(C)C)NCC1CN2CCN1CC2.I. The van der Waals surface area contributed by atoms with E-state index < -0.39 is 0 Å². The minimum atomic E-state index is 0. The van der Waals surface area contributed by atoms with Crippen LogP contribution in [0.2, 0.25) is 0 Å². The molecule has 27 heavy (non-hydrogen) atoms. The van der Waals surface area contributed by atoms with Crippen LogP contribution in [0.5, 0.6) is 0 Å². The first-order valence-electron chi connectivity index (χ1n) is 10.2. The van der Waals surface area contributed by atoms with E-state index >= 15 is 0 Å². The number of nitrogens with zero attached hydrogens (tertiary/aromatic N) is 4. The number of likely N-dealkylation sites (N-methyl/N-ethyl adjacent to an activating group) is 1. The van der Waals surface area contributed by atoms with Gasteiger partial charge in [-0.15, -0.1) is 24.0 Å². The Kier molecular flexibility index (Phi) is 9.07. The van der Waals surface area contributed by atoms with E-state index in [-0.39, 0.29) is 36.4 Å². The van der Waals surface area contributed by atoms with Gasteiger partial charge in [0.2, 0.25) is 5.91 Å². The van der Waals surface area contributed by atoms with Gasteiger partial charge in [-0.1, -0.05) is 19.8 Å². The standard InChI is InChI=1S/C19H36N6O.HI/c1-15-6-4-5-7-17(15)22-19(21-13-18(26)23(2)3)20-12-16-14-24-8-10-25(16)11-9-24;/h15-17H,4-14H2,1-3H3,(H2,20,21,22);1H. The maximum Gasteiger partial charge on any atom is 0.243 e. The first-order chi connectivity index (χ1) is 12.5. The number of carbonyl (C=O) groups excluding carboxylic acids is 1. The van der Waals surface area contributed by atoms with E-state index in [0.717, 1.165) is 19.0 Å². The fourth-order valence-corrected chi connectivity index (χ4v) is 4.28. The molecule has 0 aromatic rings. The predicted molar refractivity (Wildman–Crippen MR) is 121 cm³/mol. The topological polar surface area (TPSA) is 63.2 Å². The highest BCUT2D eigenvalue weighted by atomic mass is 127. The number of piperazine rings is 3. The number of hydrogen-bond donors (Lipinski definition) is 2. The molecule has 7 nitrogen and oxygen atoms in total. The van der Waals surface area contributed by atoms with Crippen molar-refractivity contribution in [2.45, 2.75) is 44.7 Å². The first kappa shape index (κ1) is 22.7. The summed E-state index contributed by atoms with van der Waals surface area (Å²) in [6, 6.07) is 0.995. The summed E-state index contributed by atoms with van der Waals surface area (Å²) in [6.45, 7) is 9.29. The van der Waals surface area contributed by atoms with Crippen molar-refractivity contribution >= 4 is 35.8 Å². The molecule has 2 bridgehead atoms. The molecular weight excluding hydrogens is 455 g/mol. The smallest absolute Gasteiger partial charge is 0.243 e. The number of guanidine groups is 1. The van der Waals surface area contributed by atoms with E-state index in [1.165, 1.54) is 51.9 Å². The van der Waals surface area contributed by atoms with Gasteiger partial charge in [-0.2, -0.15) is 0 Å². The second-order valence-corrected chi connectivity index (χ2v) is 8.34. The summed E-state index contributed by atoms with van der Waals surface area (Å²) in [5, 5.41) is 7.16. The lowest BCUT2D eigenvalue weighted by Crippen LogP contribution is -2.64. The lowest BCUT2D eigenvalue weighted by Gasteiger charge is -2.47. The quantitative estimate of drug-likeness (QED) is 0.338. The second-order valence-electron chi connectivity index (χ2n) is 8.34. The Morgan fingerprint density at radius 1 is 1.15 bits per heavy atom. The average Bonchev–Trinajstić information content (AvgIpc) is 2.66. The van der Waals surface area contributed by atoms with Crippen LogP contribution in [-0.4, -0.2) is 98.6 Å². The number of amides is 1. The van der Waals surface area contributed by atoms with E-state index in [9.17, 15) is 4.79 Å². The van der Waals surface area contributed by atoms with Gasteiger partial charge in [-0.25, -0.2) is 4.99 Å². The van der Waals surface area contributed by atoms with Crippen LogP contribution in [0.3, 0.4) is 0 Å². The van der Waals surface area contributed by atoms with E-state index in [1.54, 1.807) is 19.0 Å². The number of fused-ring (bicyclic) bond motifs is 3. The number of aliphatic imine (C=N–C) groups is 1. The molecule has 0 aromatic carbocycles. The molecule has 3 heterocycles. The van der Waals surface area contributed by atoms with Crippen molar-refractivity contribution in [3.05, 3.63) is 0 Å². The van der Waals surface area contributed by atoms with Gasteiger partial charge in [-0.3, -0.25) is 14.6 Å². The highest BCUT2D eigenvalue weighted by Gasteiger charge is 2.32. The highest BCUT2D eigenvalue weighted by Crippen LogP contribution is 2.23. The summed E-state index contributed by atoms with van der Waals surface area (Å²) in [5.41, 5.74) is 0. The van der Waals surface area contributed by atoms with Crippen molar-refractivity contribution in [2.75, 3.05) is 59.9 Å². The Morgan fingerprint density at radius 3 is 2.44 bits per heavy atom. The van der Waals surface area contributed by atoms with Crippen LogP contribution in [0.15, 0.2) is 4.99 Å². The van der Waals surface area contributed by atoms with Gasteiger partial charge >= 0.3 is 0 Å². The minimum absolute atomic E-state index is 0. The molecule has 3 atom stereocenters. The summed E-state index contributed by atoms with van der Waals surface area (Å²) in [5.74, 6) is 1.49. The molecule has 1 amide bonds. The molecule has 4 aliphatic rings.